The van der Waals surface area contributed by atoms with E-state index in [2.05, 4.69) is 10.1 Å². The molecular weight excluding hydrogens is 242 g/mol. The van der Waals surface area contributed by atoms with Crippen molar-refractivity contribution >= 4 is 17.2 Å². The number of nitrogens with zero attached hydrogens (tertiary/aromatic N) is 3. The van der Waals surface area contributed by atoms with Crippen LogP contribution in [0.1, 0.15) is 29.0 Å². The Morgan fingerprint density at radius 3 is 3.00 bits per heavy atom. The van der Waals surface area contributed by atoms with E-state index < -0.39 is 0 Å². The summed E-state index contributed by atoms with van der Waals surface area (Å²) in [5, 5.41) is 4.90. The lowest BCUT2D eigenvalue weighted by Crippen LogP contribution is -1.98. The number of hydrogen-bond acceptors (Lipinski definition) is 4. The van der Waals surface area contributed by atoms with E-state index in [1.807, 2.05) is 35.9 Å². The molecule has 0 aliphatic heterocycles. The van der Waals surface area contributed by atoms with Crippen LogP contribution in [0.4, 0.5) is 0 Å². The summed E-state index contributed by atoms with van der Waals surface area (Å²) in [6.07, 6.45) is 3.57. The lowest BCUT2D eigenvalue weighted by molar-refractivity contribution is 0.112. The maximum atomic E-state index is 10.7. The van der Waals surface area contributed by atoms with Crippen LogP contribution in [0.2, 0.25) is 0 Å². The zero-order chi connectivity index (χ0) is 13.2. The van der Waals surface area contributed by atoms with Crippen molar-refractivity contribution in [2.45, 2.75) is 19.9 Å². The molecule has 0 radical (unpaired) electrons. The van der Waals surface area contributed by atoms with Crippen molar-refractivity contribution < 1.29 is 9.32 Å². The first-order chi connectivity index (χ1) is 9.30. The molecule has 0 atom stereocenters. The molecule has 0 spiro atoms. The predicted molar refractivity (Wildman–Crippen MR) is 70.1 cm³/mol. The zero-order valence-corrected chi connectivity index (χ0v) is 10.5. The van der Waals surface area contributed by atoms with E-state index in [0.717, 1.165) is 29.4 Å². The molecule has 0 fully saturated rings. The third-order valence-corrected chi connectivity index (χ3v) is 3.06. The Morgan fingerprint density at radius 2 is 2.26 bits per heavy atom. The molecule has 3 aromatic rings. The molecule has 96 valence electrons. The van der Waals surface area contributed by atoms with E-state index in [1.165, 1.54) is 0 Å². The normalized spacial score (nSPS) is 11.0. The average molecular weight is 255 g/mol. The van der Waals surface area contributed by atoms with E-state index in [1.54, 1.807) is 6.07 Å². The van der Waals surface area contributed by atoms with Gasteiger partial charge in [-0.2, -0.15) is 4.98 Å². The van der Waals surface area contributed by atoms with Gasteiger partial charge in [0.15, 0.2) is 5.82 Å². The second kappa shape index (κ2) is 4.68. The number of fused-ring (bicyclic) bond motifs is 1. The Morgan fingerprint density at radius 1 is 1.37 bits per heavy atom. The number of aromatic nitrogens is 3. The first kappa shape index (κ1) is 11.6. The van der Waals surface area contributed by atoms with E-state index >= 15 is 0 Å². The van der Waals surface area contributed by atoms with Crippen molar-refractivity contribution in [3.63, 3.8) is 0 Å². The van der Waals surface area contributed by atoms with Crippen LogP contribution in [0.5, 0.6) is 0 Å². The van der Waals surface area contributed by atoms with Gasteiger partial charge in [0.1, 0.15) is 12.8 Å². The molecule has 2 heterocycles. The van der Waals surface area contributed by atoms with Gasteiger partial charge in [-0.3, -0.25) is 4.79 Å². The smallest absolute Gasteiger partial charge is 0.246 e. The third-order valence-electron chi connectivity index (χ3n) is 3.06. The summed E-state index contributed by atoms with van der Waals surface area (Å²) in [5.41, 5.74) is 1.72. The van der Waals surface area contributed by atoms with E-state index in [0.29, 0.717) is 18.0 Å². The summed E-state index contributed by atoms with van der Waals surface area (Å²) in [5.74, 6) is 1.31. The fourth-order valence-corrected chi connectivity index (χ4v) is 2.07. The summed E-state index contributed by atoms with van der Waals surface area (Å²) >= 11 is 0. The van der Waals surface area contributed by atoms with Crippen molar-refractivity contribution in [3.8, 4) is 0 Å². The fourth-order valence-electron chi connectivity index (χ4n) is 2.07. The van der Waals surface area contributed by atoms with Crippen molar-refractivity contribution in [1.29, 1.82) is 0 Å². The van der Waals surface area contributed by atoms with Crippen LogP contribution in [0.3, 0.4) is 0 Å². The molecule has 1 aromatic carbocycles. The van der Waals surface area contributed by atoms with Gasteiger partial charge in [-0.1, -0.05) is 12.1 Å². The van der Waals surface area contributed by atoms with Gasteiger partial charge in [-0.15, -0.1) is 0 Å². The van der Waals surface area contributed by atoms with Gasteiger partial charge in [0.05, 0.1) is 0 Å². The van der Waals surface area contributed by atoms with Gasteiger partial charge in [0.2, 0.25) is 5.89 Å². The molecule has 19 heavy (non-hydrogen) atoms. The number of rotatable bonds is 4. The van der Waals surface area contributed by atoms with Gasteiger partial charge in [0.25, 0.3) is 0 Å². The lowest BCUT2D eigenvalue weighted by atomic mass is 10.2. The fraction of sp³-hybridized carbons (Fsp3) is 0.214. The Labute approximate surface area is 109 Å². The molecule has 0 N–H and O–H groups in total. The molecule has 2 aromatic heterocycles. The van der Waals surface area contributed by atoms with E-state index in [4.69, 9.17) is 4.52 Å². The van der Waals surface area contributed by atoms with Crippen LogP contribution < -0.4 is 0 Å². The highest BCUT2D eigenvalue weighted by Gasteiger charge is 2.08. The second-order valence-electron chi connectivity index (χ2n) is 4.34. The monoisotopic (exact) mass is 255 g/mol. The Balaban J connectivity index is 1.94. The molecule has 3 rings (SSSR count). The minimum Gasteiger partial charge on any atom is -0.338 e. The molecule has 0 aliphatic carbocycles. The van der Waals surface area contributed by atoms with Crippen LogP contribution in [-0.2, 0) is 13.0 Å². The number of carbonyl (C=O) groups excluding carboxylic acids is 1. The first-order valence-electron chi connectivity index (χ1n) is 6.15. The summed E-state index contributed by atoms with van der Waals surface area (Å²) < 4.78 is 7.21. The first-order valence-corrected chi connectivity index (χ1v) is 6.15. The lowest BCUT2D eigenvalue weighted by Gasteiger charge is -2.01. The van der Waals surface area contributed by atoms with Gasteiger partial charge < -0.3 is 9.09 Å². The van der Waals surface area contributed by atoms with Crippen LogP contribution in [-0.4, -0.2) is 21.0 Å². The molecule has 5 heteroatoms. The quantitative estimate of drug-likeness (QED) is 0.672. The highest BCUT2D eigenvalue weighted by atomic mass is 16.5. The Hall–Kier alpha value is -2.43. The van der Waals surface area contributed by atoms with Crippen LogP contribution >= 0.6 is 0 Å². The molecule has 5 nitrogen and oxygen atoms in total. The Bertz CT molecular complexity index is 727. The number of benzene rings is 1. The van der Waals surface area contributed by atoms with Gasteiger partial charge in [-0.05, 0) is 24.3 Å². The van der Waals surface area contributed by atoms with Crippen LogP contribution in [0.25, 0.3) is 10.9 Å². The standard InChI is InChI=1S/C14H13N3O2/c1-2-13-15-14(19-16-13)8-17-6-5-11-7-10(9-18)3-4-12(11)17/h3-7,9H,2,8H2,1H3. The highest BCUT2D eigenvalue weighted by Crippen LogP contribution is 2.18. The Kier molecular flexibility index (Phi) is 2.87. The average Bonchev–Trinajstić information content (AvgIpc) is 3.06. The maximum absolute atomic E-state index is 10.7. The molecule has 0 saturated heterocycles. The molecule has 0 aliphatic rings. The summed E-state index contributed by atoms with van der Waals surface area (Å²) in [6.45, 7) is 2.53. The molecule has 0 unspecified atom stereocenters. The molecule has 0 saturated carbocycles. The summed E-state index contributed by atoms with van der Waals surface area (Å²) in [6, 6.07) is 7.57. The van der Waals surface area contributed by atoms with Crippen molar-refractivity contribution in [1.82, 2.24) is 14.7 Å². The van der Waals surface area contributed by atoms with Crippen molar-refractivity contribution in [3.05, 3.63) is 47.7 Å². The van der Waals surface area contributed by atoms with Crippen LogP contribution in [0, 0.1) is 0 Å². The predicted octanol–water partition coefficient (Wildman–Crippen LogP) is 2.45. The molecule has 0 amide bonds. The summed E-state index contributed by atoms with van der Waals surface area (Å²) in [4.78, 5) is 15.0. The number of aryl methyl sites for hydroxylation is 1. The van der Waals surface area contributed by atoms with Crippen molar-refractivity contribution in [2.75, 3.05) is 0 Å². The van der Waals surface area contributed by atoms with E-state index in [-0.39, 0.29) is 0 Å². The van der Waals surface area contributed by atoms with Gasteiger partial charge in [0, 0.05) is 29.1 Å². The third kappa shape index (κ3) is 2.14. The number of hydrogen-bond donors (Lipinski definition) is 0. The minimum absolute atomic E-state index is 0.539. The number of carbonyl (C=O) groups is 1. The van der Waals surface area contributed by atoms with E-state index in [9.17, 15) is 4.79 Å². The largest absolute Gasteiger partial charge is 0.338 e. The SMILES string of the molecule is CCc1noc(Cn2ccc3cc(C=O)ccc32)n1. The zero-order valence-electron chi connectivity index (χ0n) is 10.5. The van der Waals surface area contributed by atoms with Crippen molar-refractivity contribution in [2.24, 2.45) is 0 Å². The van der Waals surface area contributed by atoms with Gasteiger partial charge in [-0.25, -0.2) is 0 Å². The second-order valence-corrected chi connectivity index (χ2v) is 4.34. The highest BCUT2D eigenvalue weighted by molar-refractivity contribution is 5.87. The maximum Gasteiger partial charge on any atom is 0.246 e. The minimum atomic E-state index is 0.539. The van der Waals surface area contributed by atoms with Crippen LogP contribution in [0.15, 0.2) is 35.0 Å². The molecular formula is C14H13N3O2. The summed E-state index contributed by atoms with van der Waals surface area (Å²) in [7, 11) is 0. The molecule has 0 bridgehead atoms. The van der Waals surface area contributed by atoms with Gasteiger partial charge >= 0.3 is 0 Å². The number of aldehydes is 1. The topological polar surface area (TPSA) is 60.9 Å².